The smallest absolute Gasteiger partial charge is 0.254 e. The van der Waals surface area contributed by atoms with Crippen molar-refractivity contribution in [2.75, 3.05) is 0 Å². The summed E-state index contributed by atoms with van der Waals surface area (Å²) in [5.41, 5.74) is 1.60. The number of hydrogen-bond donors (Lipinski definition) is 1. The number of hydrogen-bond acceptors (Lipinski definition) is 3. The number of nitrogens with zero attached hydrogens (tertiary/aromatic N) is 2. The van der Waals surface area contributed by atoms with Gasteiger partial charge in [-0.3, -0.25) is 4.79 Å². The molecule has 2 aromatic heterocycles. The number of rotatable bonds is 2. The second kappa shape index (κ2) is 5.08. The first-order valence-electron chi connectivity index (χ1n) is 5.44. The first-order chi connectivity index (χ1) is 8.52. The van der Waals surface area contributed by atoms with Gasteiger partial charge in [-0.2, -0.15) is 0 Å². The molecular formula is C12H11Cl2N3O. The number of halogens is 2. The molecule has 0 saturated carbocycles. The molecule has 0 saturated heterocycles. The van der Waals surface area contributed by atoms with Crippen molar-refractivity contribution < 1.29 is 0 Å². The lowest BCUT2D eigenvalue weighted by molar-refractivity contribution is 0.949. The molecule has 0 bridgehead atoms. The lowest BCUT2D eigenvalue weighted by Crippen LogP contribution is -2.16. The molecule has 2 aromatic rings. The molecule has 0 unspecified atom stereocenters. The van der Waals surface area contributed by atoms with Crippen molar-refractivity contribution in [1.82, 2.24) is 15.0 Å². The average molecular weight is 284 g/mol. The van der Waals surface area contributed by atoms with Crippen LogP contribution in [0.2, 0.25) is 10.0 Å². The van der Waals surface area contributed by atoms with Crippen molar-refractivity contribution in [3.05, 3.63) is 43.9 Å². The molecule has 0 radical (unpaired) electrons. The van der Waals surface area contributed by atoms with Crippen LogP contribution in [0.15, 0.2) is 17.1 Å². The molecule has 0 amide bonds. The summed E-state index contributed by atoms with van der Waals surface area (Å²) in [6.45, 7) is 3.68. The number of aromatic amines is 1. The molecule has 0 aliphatic rings. The fourth-order valence-corrected chi connectivity index (χ4v) is 2.09. The van der Waals surface area contributed by atoms with E-state index in [1.54, 1.807) is 13.0 Å². The van der Waals surface area contributed by atoms with E-state index in [4.69, 9.17) is 23.2 Å². The summed E-state index contributed by atoms with van der Waals surface area (Å²) in [6.07, 6.45) is 2.14. The Hall–Kier alpha value is -1.39. The van der Waals surface area contributed by atoms with Crippen molar-refractivity contribution in [3.63, 3.8) is 0 Å². The van der Waals surface area contributed by atoms with Gasteiger partial charge in [0.2, 0.25) is 0 Å². The first kappa shape index (κ1) is 13.1. The molecule has 0 fully saturated rings. The fraction of sp³-hybridized carbons (Fsp3) is 0.250. The summed E-state index contributed by atoms with van der Waals surface area (Å²) in [5.74, 6) is 0.365. The maximum absolute atomic E-state index is 11.8. The average Bonchev–Trinajstić information content (AvgIpc) is 2.32. The summed E-state index contributed by atoms with van der Waals surface area (Å²) in [7, 11) is 0. The van der Waals surface area contributed by atoms with Crippen LogP contribution in [-0.2, 0) is 6.42 Å². The fourth-order valence-electron chi connectivity index (χ4n) is 1.62. The van der Waals surface area contributed by atoms with Crippen molar-refractivity contribution in [1.29, 1.82) is 0 Å². The highest BCUT2D eigenvalue weighted by Gasteiger charge is 2.12. The zero-order chi connectivity index (χ0) is 13.3. The predicted octanol–water partition coefficient (Wildman–Crippen LogP) is 3.01. The van der Waals surface area contributed by atoms with Crippen LogP contribution in [0.5, 0.6) is 0 Å². The highest BCUT2D eigenvalue weighted by atomic mass is 35.5. The van der Waals surface area contributed by atoms with E-state index in [0.717, 1.165) is 5.69 Å². The Bertz CT molecular complexity index is 652. The Morgan fingerprint density at radius 1 is 1.39 bits per heavy atom. The topological polar surface area (TPSA) is 58.6 Å². The molecule has 0 atom stereocenters. The quantitative estimate of drug-likeness (QED) is 0.922. The minimum atomic E-state index is -0.176. The number of aromatic nitrogens is 3. The minimum Gasteiger partial charge on any atom is -0.305 e. The standard InChI is InChI=1S/C12H11Cl2N3O/c1-3-9-6(2)12(18)17-11(16-9)10-8(14)4-7(13)5-15-10/h4-5H,3H2,1-2H3,(H,16,17,18). The van der Waals surface area contributed by atoms with Crippen LogP contribution in [0, 0.1) is 6.92 Å². The third-order valence-corrected chi connectivity index (χ3v) is 3.11. The minimum absolute atomic E-state index is 0.176. The third-order valence-electron chi connectivity index (χ3n) is 2.62. The predicted molar refractivity (Wildman–Crippen MR) is 72.2 cm³/mol. The normalized spacial score (nSPS) is 10.7. The van der Waals surface area contributed by atoms with Crippen LogP contribution < -0.4 is 5.56 Å². The van der Waals surface area contributed by atoms with E-state index in [1.807, 2.05) is 6.92 Å². The largest absolute Gasteiger partial charge is 0.305 e. The van der Waals surface area contributed by atoms with Crippen LogP contribution in [0.25, 0.3) is 11.5 Å². The van der Waals surface area contributed by atoms with Crippen molar-refractivity contribution in [2.24, 2.45) is 0 Å². The Morgan fingerprint density at radius 3 is 2.72 bits per heavy atom. The van der Waals surface area contributed by atoms with Crippen molar-refractivity contribution >= 4 is 23.2 Å². The molecular weight excluding hydrogens is 273 g/mol. The number of nitrogens with one attached hydrogen (secondary N) is 1. The van der Waals surface area contributed by atoms with Gasteiger partial charge in [0.15, 0.2) is 5.82 Å². The van der Waals surface area contributed by atoms with Gasteiger partial charge in [-0.25, -0.2) is 9.97 Å². The highest BCUT2D eigenvalue weighted by Crippen LogP contribution is 2.25. The molecule has 94 valence electrons. The Morgan fingerprint density at radius 2 is 2.11 bits per heavy atom. The third kappa shape index (κ3) is 2.40. The summed E-state index contributed by atoms with van der Waals surface area (Å²) in [4.78, 5) is 22.9. The zero-order valence-corrected chi connectivity index (χ0v) is 11.4. The van der Waals surface area contributed by atoms with Gasteiger partial charge in [-0.05, 0) is 19.4 Å². The Balaban J connectivity index is 2.64. The van der Waals surface area contributed by atoms with Crippen molar-refractivity contribution in [2.45, 2.75) is 20.3 Å². The molecule has 0 aliphatic heterocycles. The lowest BCUT2D eigenvalue weighted by Gasteiger charge is -2.06. The molecule has 6 heteroatoms. The van der Waals surface area contributed by atoms with Crippen LogP contribution >= 0.6 is 23.2 Å². The van der Waals surface area contributed by atoms with Gasteiger partial charge >= 0.3 is 0 Å². The monoisotopic (exact) mass is 283 g/mol. The maximum Gasteiger partial charge on any atom is 0.254 e. The first-order valence-corrected chi connectivity index (χ1v) is 6.19. The van der Waals surface area contributed by atoms with Gasteiger partial charge in [0.05, 0.1) is 15.7 Å². The molecule has 0 spiro atoms. The van der Waals surface area contributed by atoms with E-state index in [-0.39, 0.29) is 5.56 Å². The highest BCUT2D eigenvalue weighted by molar-refractivity contribution is 6.35. The summed E-state index contributed by atoms with van der Waals surface area (Å²) in [5, 5.41) is 0.797. The van der Waals surface area contributed by atoms with Gasteiger partial charge in [0.1, 0.15) is 5.69 Å². The number of pyridine rings is 1. The van der Waals surface area contributed by atoms with Crippen LogP contribution in [0.4, 0.5) is 0 Å². The SMILES string of the molecule is CCc1nc(-c2ncc(Cl)cc2Cl)[nH]c(=O)c1C. The van der Waals surface area contributed by atoms with Gasteiger partial charge < -0.3 is 4.98 Å². The van der Waals surface area contributed by atoms with Crippen LogP contribution in [-0.4, -0.2) is 15.0 Å². The van der Waals surface area contributed by atoms with Gasteiger partial charge in [0.25, 0.3) is 5.56 Å². The molecule has 18 heavy (non-hydrogen) atoms. The molecule has 2 rings (SSSR count). The molecule has 1 N–H and O–H groups in total. The zero-order valence-electron chi connectivity index (χ0n) is 9.92. The van der Waals surface area contributed by atoms with Gasteiger partial charge in [-0.1, -0.05) is 30.1 Å². The lowest BCUT2D eigenvalue weighted by atomic mass is 10.2. The van der Waals surface area contributed by atoms with Crippen LogP contribution in [0.1, 0.15) is 18.2 Å². The van der Waals surface area contributed by atoms with E-state index in [0.29, 0.717) is 33.5 Å². The summed E-state index contributed by atoms with van der Waals surface area (Å²) in [6, 6.07) is 1.57. The number of H-pyrrole nitrogens is 1. The molecule has 4 nitrogen and oxygen atoms in total. The molecule has 0 aromatic carbocycles. The second-order valence-electron chi connectivity index (χ2n) is 3.82. The maximum atomic E-state index is 11.8. The van der Waals surface area contributed by atoms with Gasteiger partial charge in [0, 0.05) is 11.8 Å². The number of aryl methyl sites for hydroxylation is 1. The Labute approximate surface area is 114 Å². The van der Waals surface area contributed by atoms with Crippen molar-refractivity contribution in [3.8, 4) is 11.5 Å². The summed E-state index contributed by atoms with van der Waals surface area (Å²) < 4.78 is 0. The van der Waals surface area contributed by atoms with Gasteiger partial charge in [-0.15, -0.1) is 0 Å². The van der Waals surface area contributed by atoms with Crippen LogP contribution in [0.3, 0.4) is 0 Å². The van der Waals surface area contributed by atoms with E-state index < -0.39 is 0 Å². The summed E-state index contributed by atoms with van der Waals surface area (Å²) >= 11 is 11.8. The second-order valence-corrected chi connectivity index (χ2v) is 4.67. The van der Waals surface area contributed by atoms with E-state index in [1.165, 1.54) is 6.20 Å². The molecule has 2 heterocycles. The van der Waals surface area contributed by atoms with E-state index >= 15 is 0 Å². The van der Waals surface area contributed by atoms with E-state index in [2.05, 4.69) is 15.0 Å². The Kier molecular flexibility index (Phi) is 3.68. The molecule has 0 aliphatic carbocycles. The van der Waals surface area contributed by atoms with E-state index in [9.17, 15) is 4.79 Å².